The molecular weight excluding hydrogens is 592 g/mol. The van der Waals surface area contributed by atoms with Crippen molar-refractivity contribution in [3.8, 4) is 17.2 Å². The molecule has 234 valence electrons. The van der Waals surface area contributed by atoms with Crippen molar-refractivity contribution >= 4 is 29.1 Å². The Hall–Kier alpha value is -4.56. The minimum absolute atomic E-state index is 0.206. The van der Waals surface area contributed by atoms with Crippen molar-refractivity contribution < 1.29 is 28.9 Å². The summed E-state index contributed by atoms with van der Waals surface area (Å²) in [6.07, 6.45) is 11.2. The van der Waals surface area contributed by atoms with Crippen molar-refractivity contribution in [2.45, 2.75) is 45.4 Å². The SMILES string of the molecule is CCCOC1=CC=C(c2cccc(CCNC(=O)c3ccc(Oc4cc5c(cc4Cl)C(C(=O)O)CCO5)cc3)n2)C=CCC1C. The van der Waals surface area contributed by atoms with Gasteiger partial charge in [0.05, 0.1) is 35.6 Å². The number of aromatic nitrogens is 1. The molecule has 0 bridgehead atoms. The van der Waals surface area contributed by atoms with Gasteiger partial charge in [0.1, 0.15) is 17.2 Å². The molecule has 0 spiro atoms. The number of carboxylic acids is 1. The normalized spacial score (nSPS) is 17.5. The Labute approximate surface area is 268 Å². The van der Waals surface area contributed by atoms with E-state index in [1.165, 1.54) is 0 Å². The Bertz CT molecular complexity index is 1630. The van der Waals surface area contributed by atoms with Crippen LogP contribution in [0.1, 0.15) is 66.3 Å². The average Bonchev–Trinajstić information content (AvgIpc) is 3.03. The minimum Gasteiger partial charge on any atom is -0.498 e. The molecule has 45 heavy (non-hydrogen) atoms. The highest BCUT2D eigenvalue weighted by atomic mass is 35.5. The van der Waals surface area contributed by atoms with Crippen LogP contribution in [0.15, 0.2) is 84.7 Å². The number of amides is 1. The quantitative estimate of drug-likeness (QED) is 0.224. The molecule has 2 aromatic carbocycles. The van der Waals surface area contributed by atoms with Crippen LogP contribution in [0.3, 0.4) is 0 Å². The number of fused-ring (bicyclic) bond motifs is 1. The number of carboxylic acid groups (broad SMARTS) is 1. The van der Waals surface area contributed by atoms with Crippen LogP contribution < -0.4 is 14.8 Å². The molecule has 1 aromatic heterocycles. The fourth-order valence-corrected chi connectivity index (χ4v) is 5.41. The fraction of sp³-hybridized carbons (Fsp3) is 0.306. The van der Waals surface area contributed by atoms with E-state index < -0.39 is 11.9 Å². The number of carbonyl (C=O) groups is 2. The average molecular weight is 629 g/mol. The predicted octanol–water partition coefficient (Wildman–Crippen LogP) is 7.74. The number of ether oxygens (including phenoxy) is 3. The Kier molecular flexibility index (Phi) is 10.6. The molecular formula is C36H37ClN2O6. The molecule has 2 unspecified atom stereocenters. The summed E-state index contributed by atoms with van der Waals surface area (Å²) >= 11 is 6.41. The highest BCUT2D eigenvalue weighted by Gasteiger charge is 2.29. The van der Waals surface area contributed by atoms with Gasteiger partial charge >= 0.3 is 5.97 Å². The topological polar surface area (TPSA) is 107 Å². The largest absolute Gasteiger partial charge is 0.498 e. The maximum atomic E-state index is 12.8. The number of pyridine rings is 1. The van der Waals surface area contributed by atoms with Gasteiger partial charge in [-0.3, -0.25) is 14.6 Å². The Morgan fingerprint density at radius 1 is 1.13 bits per heavy atom. The molecule has 2 heterocycles. The van der Waals surface area contributed by atoms with Gasteiger partial charge in [0.15, 0.2) is 0 Å². The molecule has 0 radical (unpaired) electrons. The number of rotatable bonds is 11. The van der Waals surface area contributed by atoms with Crippen LogP contribution in [0.5, 0.6) is 17.2 Å². The van der Waals surface area contributed by atoms with E-state index in [2.05, 4.69) is 43.5 Å². The van der Waals surface area contributed by atoms with Crippen LogP contribution >= 0.6 is 11.6 Å². The molecule has 0 saturated carbocycles. The molecule has 3 aromatic rings. The van der Waals surface area contributed by atoms with Crippen LogP contribution in [-0.2, 0) is 16.0 Å². The van der Waals surface area contributed by atoms with Gasteiger partial charge in [-0.1, -0.05) is 43.7 Å². The summed E-state index contributed by atoms with van der Waals surface area (Å²) < 4.78 is 17.5. The molecule has 0 fully saturated rings. The lowest BCUT2D eigenvalue weighted by Crippen LogP contribution is -2.25. The molecule has 2 aliphatic rings. The zero-order valence-electron chi connectivity index (χ0n) is 25.4. The van der Waals surface area contributed by atoms with Gasteiger partial charge < -0.3 is 24.6 Å². The van der Waals surface area contributed by atoms with Crippen molar-refractivity contribution in [2.24, 2.45) is 5.92 Å². The second-order valence-corrected chi connectivity index (χ2v) is 11.5. The molecule has 0 saturated heterocycles. The van der Waals surface area contributed by atoms with Gasteiger partial charge in [0, 0.05) is 41.8 Å². The molecule has 2 atom stereocenters. The van der Waals surface area contributed by atoms with Crippen LogP contribution in [0.4, 0.5) is 0 Å². The second kappa shape index (κ2) is 14.9. The molecule has 1 aliphatic carbocycles. The molecule has 2 N–H and O–H groups in total. The molecule has 5 rings (SSSR count). The maximum Gasteiger partial charge on any atom is 0.311 e. The first-order valence-corrected chi connectivity index (χ1v) is 15.6. The lowest BCUT2D eigenvalue weighted by Gasteiger charge is -2.24. The van der Waals surface area contributed by atoms with Crippen LogP contribution in [-0.4, -0.2) is 41.7 Å². The van der Waals surface area contributed by atoms with Gasteiger partial charge in [-0.25, -0.2) is 0 Å². The third-order valence-corrected chi connectivity index (χ3v) is 7.98. The Balaban J connectivity index is 1.17. The van der Waals surface area contributed by atoms with Gasteiger partial charge in [-0.15, -0.1) is 0 Å². The highest BCUT2D eigenvalue weighted by Crippen LogP contribution is 2.41. The minimum atomic E-state index is -0.914. The summed E-state index contributed by atoms with van der Waals surface area (Å²) in [7, 11) is 0. The maximum absolute atomic E-state index is 12.8. The number of carbonyl (C=O) groups excluding carboxylic acids is 1. The van der Waals surface area contributed by atoms with Gasteiger partial charge in [-0.2, -0.15) is 0 Å². The summed E-state index contributed by atoms with van der Waals surface area (Å²) in [6, 6.07) is 15.8. The van der Waals surface area contributed by atoms with Crippen molar-refractivity contribution in [1.29, 1.82) is 0 Å². The van der Waals surface area contributed by atoms with Crippen LogP contribution in [0.25, 0.3) is 5.57 Å². The Morgan fingerprint density at radius 2 is 1.96 bits per heavy atom. The molecule has 1 aliphatic heterocycles. The first kappa shape index (κ1) is 31.9. The van der Waals surface area contributed by atoms with E-state index in [9.17, 15) is 14.7 Å². The van der Waals surface area contributed by atoms with E-state index >= 15 is 0 Å². The molecule has 1 amide bonds. The molecule has 8 nitrogen and oxygen atoms in total. The third-order valence-electron chi connectivity index (χ3n) is 7.69. The van der Waals surface area contributed by atoms with Crippen LogP contribution in [0.2, 0.25) is 5.02 Å². The van der Waals surface area contributed by atoms with Gasteiger partial charge in [0.25, 0.3) is 5.91 Å². The summed E-state index contributed by atoms with van der Waals surface area (Å²) in [5.41, 5.74) is 3.79. The number of allylic oxidation sites excluding steroid dienone is 6. The van der Waals surface area contributed by atoms with Crippen molar-refractivity contribution in [1.82, 2.24) is 10.3 Å². The lowest BCUT2D eigenvalue weighted by atomic mass is 9.93. The van der Waals surface area contributed by atoms with E-state index in [1.54, 1.807) is 36.4 Å². The summed E-state index contributed by atoms with van der Waals surface area (Å²) in [5, 5.41) is 12.7. The second-order valence-electron chi connectivity index (χ2n) is 11.1. The summed E-state index contributed by atoms with van der Waals surface area (Å²) in [6.45, 7) is 5.71. The van der Waals surface area contributed by atoms with Gasteiger partial charge in [-0.05, 0) is 79.5 Å². The van der Waals surface area contributed by atoms with E-state index in [-0.39, 0.29) is 10.9 Å². The molecule has 9 heteroatoms. The number of hydrogen-bond donors (Lipinski definition) is 2. The monoisotopic (exact) mass is 628 g/mol. The highest BCUT2D eigenvalue weighted by molar-refractivity contribution is 6.32. The van der Waals surface area contributed by atoms with E-state index in [0.717, 1.165) is 35.6 Å². The van der Waals surface area contributed by atoms with Gasteiger partial charge in [0.2, 0.25) is 0 Å². The number of hydrogen-bond acceptors (Lipinski definition) is 6. The summed E-state index contributed by atoms with van der Waals surface area (Å²) in [4.78, 5) is 29.3. The van der Waals surface area contributed by atoms with E-state index in [0.29, 0.717) is 66.9 Å². The zero-order chi connectivity index (χ0) is 31.8. The standard InChI is InChI=1S/C36H37ClN2O6/c1-3-19-43-32-15-12-24(7-4-6-23(32)2)31-9-5-8-26(39-31)16-18-38-35(40)25-10-13-27(14-11-25)45-34-22-33-29(21-30(34)37)28(36(41)42)17-20-44-33/h4-5,7-15,21-23,28H,3,6,16-20H2,1-2H3,(H,38,40)(H,41,42). The fourth-order valence-electron chi connectivity index (χ4n) is 5.20. The zero-order valence-corrected chi connectivity index (χ0v) is 26.2. The predicted molar refractivity (Wildman–Crippen MR) is 174 cm³/mol. The Morgan fingerprint density at radius 3 is 2.73 bits per heavy atom. The number of nitrogens with zero attached hydrogens (tertiary/aromatic N) is 1. The number of aliphatic carboxylic acids is 1. The van der Waals surface area contributed by atoms with Crippen molar-refractivity contribution in [2.75, 3.05) is 19.8 Å². The van der Waals surface area contributed by atoms with Crippen LogP contribution in [0, 0.1) is 5.92 Å². The van der Waals surface area contributed by atoms with Crippen molar-refractivity contribution in [3.05, 3.63) is 112 Å². The first-order chi connectivity index (χ1) is 21.8. The number of nitrogens with one attached hydrogen (secondary N) is 1. The number of halogens is 1. The van der Waals surface area contributed by atoms with E-state index in [1.807, 2.05) is 18.2 Å². The lowest BCUT2D eigenvalue weighted by molar-refractivity contribution is -0.139. The summed E-state index contributed by atoms with van der Waals surface area (Å²) in [5.74, 6) is 0.796. The van der Waals surface area contributed by atoms with E-state index in [4.69, 9.17) is 30.8 Å². The first-order valence-electron chi connectivity index (χ1n) is 15.2. The smallest absolute Gasteiger partial charge is 0.311 e. The number of benzene rings is 2. The third kappa shape index (κ3) is 8.13. The van der Waals surface area contributed by atoms with Crippen molar-refractivity contribution in [3.63, 3.8) is 0 Å².